The minimum atomic E-state index is -0.359. The normalized spacial score (nSPS) is 15.4. The standard InChI is InChI=1S/C9H18Cl2O3/c1-3-12-9(14-7-5-11)8(2)13-6-4-10/h8-9H,3-7H2,1-2H3. The maximum absolute atomic E-state index is 5.51. The molecule has 0 aromatic heterocycles. The predicted octanol–water partition coefficient (Wildman–Crippen LogP) is 2.25. The third-order valence-electron chi connectivity index (χ3n) is 1.53. The Hall–Kier alpha value is 0.460. The van der Waals surface area contributed by atoms with Gasteiger partial charge in [-0.05, 0) is 13.8 Å². The molecule has 2 unspecified atom stereocenters. The molecule has 0 aromatic carbocycles. The van der Waals surface area contributed by atoms with Gasteiger partial charge in [0, 0.05) is 18.4 Å². The Bertz CT molecular complexity index is 125. The lowest BCUT2D eigenvalue weighted by Gasteiger charge is -2.23. The lowest BCUT2D eigenvalue weighted by molar-refractivity contribution is -0.196. The smallest absolute Gasteiger partial charge is 0.183 e. The maximum Gasteiger partial charge on any atom is 0.183 e. The van der Waals surface area contributed by atoms with Crippen LogP contribution in [-0.4, -0.2) is 44.0 Å². The number of hydrogen-bond donors (Lipinski definition) is 0. The molecule has 0 radical (unpaired) electrons. The summed E-state index contributed by atoms with van der Waals surface area (Å²) in [6.45, 7) is 5.34. The molecule has 0 fully saturated rings. The van der Waals surface area contributed by atoms with Gasteiger partial charge in [-0.3, -0.25) is 0 Å². The van der Waals surface area contributed by atoms with Gasteiger partial charge in [0.15, 0.2) is 6.29 Å². The first-order valence-corrected chi connectivity index (χ1v) is 5.79. The number of hydrogen-bond acceptors (Lipinski definition) is 3. The van der Waals surface area contributed by atoms with E-state index in [0.717, 1.165) is 0 Å². The SMILES string of the molecule is CCOC(OCCCl)C(C)OCCCl. The largest absolute Gasteiger partial charge is 0.372 e. The van der Waals surface area contributed by atoms with Gasteiger partial charge in [0.2, 0.25) is 0 Å². The summed E-state index contributed by atoms with van der Waals surface area (Å²) < 4.78 is 16.1. The summed E-state index contributed by atoms with van der Waals surface area (Å²) >= 11 is 11.0. The van der Waals surface area contributed by atoms with Crippen molar-refractivity contribution in [2.24, 2.45) is 0 Å². The van der Waals surface area contributed by atoms with Crippen molar-refractivity contribution < 1.29 is 14.2 Å². The lowest BCUT2D eigenvalue weighted by Crippen LogP contribution is -2.33. The Balaban J connectivity index is 3.77. The third kappa shape index (κ3) is 6.85. The van der Waals surface area contributed by atoms with Crippen LogP contribution in [0.5, 0.6) is 0 Å². The van der Waals surface area contributed by atoms with Crippen molar-refractivity contribution in [2.45, 2.75) is 26.2 Å². The first-order valence-electron chi connectivity index (χ1n) is 4.73. The summed E-state index contributed by atoms with van der Waals surface area (Å²) in [5, 5.41) is 0. The van der Waals surface area contributed by atoms with Gasteiger partial charge in [0.1, 0.15) is 6.10 Å². The fourth-order valence-electron chi connectivity index (χ4n) is 0.953. The van der Waals surface area contributed by atoms with Crippen molar-refractivity contribution in [1.82, 2.24) is 0 Å². The second-order valence-electron chi connectivity index (χ2n) is 2.65. The van der Waals surface area contributed by atoms with Crippen LogP contribution in [0, 0.1) is 0 Å². The van der Waals surface area contributed by atoms with Crippen molar-refractivity contribution in [3.63, 3.8) is 0 Å². The molecule has 0 spiro atoms. The molecule has 5 heteroatoms. The van der Waals surface area contributed by atoms with E-state index in [-0.39, 0.29) is 12.4 Å². The molecule has 0 saturated heterocycles. The molecule has 86 valence electrons. The summed E-state index contributed by atoms with van der Waals surface area (Å²) in [5.41, 5.74) is 0. The van der Waals surface area contributed by atoms with Crippen molar-refractivity contribution in [1.29, 1.82) is 0 Å². The van der Waals surface area contributed by atoms with Crippen LogP contribution in [0.4, 0.5) is 0 Å². The Morgan fingerprint density at radius 3 is 2.07 bits per heavy atom. The lowest BCUT2D eigenvalue weighted by atomic mass is 10.4. The zero-order valence-electron chi connectivity index (χ0n) is 8.67. The fraction of sp³-hybridized carbons (Fsp3) is 1.00. The highest BCUT2D eigenvalue weighted by Gasteiger charge is 2.18. The van der Waals surface area contributed by atoms with Crippen LogP contribution in [-0.2, 0) is 14.2 Å². The molecular weight excluding hydrogens is 227 g/mol. The fourth-order valence-corrected chi connectivity index (χ4v) is 1.13. The van der Waals surface area contributed by atoms with Crippen molar-refractivity contribution in [3.8, 4) is 0 Å². The van der Waals surface area contributed by atoms with Gasteiger partial charge in [-0.15, -0.1) is 23.2 Å². The van der Waals surface area contributed by atoms with Crippen LogP contribution in [0.2, 0.25) is 0 Å². The zero-order chi connectivity index (χ0) is 10.8. The second-order valence-corrected chi connectivity index (χ2v) is 3.40. The molecule has 14 heavy (non-hydrogen) atoms. The van der Waals surface area contributed by atoms with Crippen molar-refractivity contribution in [3.05, 3.63) is 0 Å². The molecule has 0 N–H and O–H groups in total. The molecule has 0 aliphatic rings. The summed E-state index contributed by atoms with van der Waals surface area (Å²) in [6.07, 6.45) is -0.487. The van der Waals surface area contributed by atoms with E-state index < -0.39 is 0 Å². The average molecular weight is 245 g/mol. The highest BCUT2D eigenvalue weighted by atomic mass is 35.5. The monoisotopic (exact) mass is 244 g/mol. The summed E-state index contributed by atoms with van der Waals surface area (Å²) in [5.74, 6) is 0.921. The minimum Gasteiger partial charge on any atom is -0.372 e. The van der Waals surface area contributed by atoms with Crippen molar-refractivity contribution in [2.75, 3.05) is 31.6 Å². The zero-order valence-corrected chi connectivity index (χ0v) is 10.2. The van der Waals surface area contributed by atoms with Crippen LogP contribution in [0.25, 0.3) is 0 Å². The van der Waals surface area contributed by atoms with Crippen LogP contribution >= 0.6 is 23.2 Å². The summed E-state index contributed by atoms with van der Waals surface area (Å²) in [4.78, 5) is 0. The number of ether oxygens (including phenoxy) is 3. The molecule has 3 nitrogen and oxygen atoms in total. The molecule has 0 heterocycles. The van der Waals surface area contributed by atoms with E-state index in [0.29, 0.717) is 31.6 Å². The summed E-state index contributed by atoms with van der Waals surface area (Å²) in [6, 6.07) is 0. The minimum absolute atomic E-state index is 0.128. The van der Waals surface area contributed by atoms with Gasteiger partial charge in [-0.1, -0.05) is 0 Å². The second kappa shape index (κ2) is 9.99. The Labute approximate surface area is 95.6 Å². The van der Waals surface area contributed by atoms with E-state index >= 15 is 0 Å². The van der Waals surface area contributed by atoms with E-state index in [1.54, 1.807) is 0 Å². The Kier molecular flexibility index (Phi) is 10.3. The first-order chi connectivity index (χ1) is 6.76. The Morgan fingerprint density at radius 2 is 1.57 bits per heavy atom. The van der Waals surface area contributed by atoms with Crippen molar-refractivity contribution >= 4 is 23.2 Å². The molecular formula is C9H18Cl2O3. The third-order valence-corrected chi connectivity index (χ3v) is 1.84. The van der Waals surface area contributed by atoms with Gasteiger partial charge in [-0.2, -0.15) is 0 Å². The van der Waals surface area contributed by atoms with Crippen LogP contribution in [0.1, 0.15) is 13.8 Å². The van der Waals surface area contributed by atoms with Gasteiger partial charge in [0.25, 0.3) is 0 Å². The quantitative estimate of drug-likeness (QED) is 0.460. The molecule has 0 amide bonds. The van der Waals surface area contributed by atoms with Crippen LogP contribution < -0.4 is 0 Å². The van der Waals surface area contributed by atoms with E-state index in [1.807, 2.05) is 13.8 Å². The molecule has 0 aliphatic heterocycles. The van der Waals surface area contributed by atoms with E-state index in [1.165, 1.54) is 0 Å². The molecule has 0 aliphatic carbocycles. The molecule has 0 saturated carbocycles. The highest BCUT2D eigenvalue weighted by molar-refractivity contribution is 6.18. The van der Waals surface area contributed by atoms with Gasteiger partial charge in [0.05, 0.1) is 13.2 Å². The molecule has 2 atom stereocenters. The highest BCUT2D eigenvalue weighted by Crippen LogP contribution is 2.06. The average Bonchev–Trinajstić information content (AvgIpc) is 2.20. The number of halogens is 2. The van der Waals surface area contributed by atoms with E-state index in [2.05, 4.69) is 0 Å². The van der Waals surface area contributed by atoms with E-state index in [4.69, 9.17) is 37.4 Å². The van der Waals surface area contributed by atoms with Crippen LogP contribution in [0.15, 0.2) is 0 Å². The molecule has 0 aromatic rings. The number of rotatable bonds is 9. The summed E-state index contributed by atoms with van der Waals surface area (Å²) in [7, 11) is 0. The first kappa shape index (κ1) is 14.5. The topological polar surface area (TPSA) is 27.7 Å². The van der Waals surface area contributed by atoms with Gasteiger partial charge >= 0.3 is 0 Å². The van der Waals surface area contributed by atoms with Crippen LogP contribution in [0.3, 0.4) is 0 Å². The van der Waals surface area contributed by atoms with E-state index in [9.17, 15) is 0 Å². The molecule has 0 rings (SSSR count). The number of alkyl halides is 2. The van der Waals surface area contributed by atoms with Gasteiger partial charge < -0.3 is 14.2 Å². The Morgan fingerprint density at radius 1 is 1.00 bits per heavy atom. The molecule has 0 bridgehead atoms. The van der Waals surface area contributed by atoms with Gasteiger partial charge in [-0.25, -0.2) is 0 Å². The predicted molar refractivity (Wildman–Crippen MR) is 58.2 cm³/mol. The maximum atomic E-state index is 5.51.